The van der Waals surface area contributed by atoms with Crippen LogP contribution in [0.15, 0.2) is 0 Å². The van der Waals surface area contributed by atoms with Gasteiger partial charge in [0, 0.05) is 13.0 Å². The molecule has 2 rings (SSSR count). The fourth-order valence-electron chi connectivity index (χ4n) is 1.48. The highest BCUT2D eigenvalue weighted by atomic mass is 32.1. The summed E-state index contributed by atoms with van der Waals surface area (Å²) >= 11 is 1.51. The first-order valence-electron chi connectivity index (χ1n) is 5.66. The third-order valence-corrected chi connectivity index (χ3v) is 3.12. The summed E-state index contributed by atoms with van der Waals surface area (Å²) in [6.45, 7) is 5.38. The number of rotatable bonds is 6. The Balaban J connectivity index is 1.77. The van der Waals surface area contributed by atoms with Crippen molar-refractivity contribution in [1.82, 2.24) is 15.5 Å². The normalized spacial score (nSPS) is 20.2. The van der Waals surface area contributed by atoms with Gasteiger partial charge in [0.25, 0.3) is 5.19 Å². The van der Waals surface area contributed by atoms with Crippen LogP contribution in [0.1, 0.15) is 24.8 Å². The van der Waals surface area contributed by atoms with Gasteiger partial charge < -0.3 is 14.8 Å². The Labute approximate surface area is 99.2 Å². The van der Waals surface area contributed by atoms with Gasteiger partial charge in [0.15, 0.2) is 0 Å². The van der Waals surface area contributed by atoms with E-state index in [2.05, 4.69) is 22.4 Å². The molecular weight excluding hydrogens is 226 g/mol. The third-order valence-electron chi connectivity index (χ3n) is 2.31. The van der Waals surface area contributed by atoms with E-state index in [-0.39, 0.29) is 6.10 Å². The molecule has 1 atom stereocenters. The van der Waals surface area contributed by atoms with Gasteiger partial charge in [-0.1, -0.05) is 23.4 Å². The first-order valence-corrected chi connectivity index (χ1v) is 6.47. The molecule has 90 valence electrons. The molecule has 16 heavy (non-hydrogen) atoms. The molecule has 0 radical (unpaired) electrons. The lowest BCUT2D eigenvalue weighted by Gasteiger charge is -2.06. The van der Waals surface area contributed by atoms with E-state index in [1.165, 1.54) is 11.3 Å². The molecule has 1 N–H and O–H groups in total. The minimum absolute atomic E-state index is 0.157. The van der Waals surface area contributed by atoms with Crippen LogP contribution in [0, 0.1) is 0 Å². The molecule has 0 aliphatic carbocycles. The highest BCUT2D eigenvalue weighted by Crippen LogP contribution is 2.21. The molecule has 0 spiro atoms. The molecule has 2 heterocycles. The van der Waals surface area contributed by atoms with Gasteiger partial charge in [0.2, 0.25) is 0 Å². The second-order valence-corrected chi connectivity index (χ2v) is 4.77. The SMILES string of the molecule is CCCNCc1nnc(OC2CCOC2)s1. The molecule has 6 heteroatoms. The van der Waals surface area contributed by atoms with Crippen LogP contribution in [0.4, 0.5) is 0 Å². The first kappa shape index (κ1) is 11.8. The molecule has 1 aliphatic heterocycles. The fourth-order valence-corrected chi connectivity index (χ4v) is 2.20. The predicted molar refractivity (Wildman–Crippen MR) is 61.8 cm³/mol. The van der Waals surface area contributed by atoms with Crippen molar-refractivity contribution in [2.75, 3.05) is 19.8 Å². The summed E-state index contributed by atoms with van der Waals surface area (Å²) in [5, 5.41) is 13.0. The zero-order valence-corrected chi connectivity index (χ0v) is 10.3. The number of ether oxygens (including phenoxy) is 2. The van der Waals surface area contributed by atoms with Gasteiger partial charge >= 0.3 is 0 Å². The van der Waals surface area contributed by atoms with Crippen LogP contribution >= 0.6 is 11.3 Å². The van der Waals surface area contributed by atoms with E-state index in [1.54, 1.807) is 0 Å². The van der Waals surface area contributed by atoms with Crippen LogP contribution in [-0.2, 0) is 11.3 Å². The molecule has 0 aromatic carbocycles. The second-order valence-electron chi connectivity index (χ2n) is 3.74. The van der Waals surface area contributed by atoms with Crippen LogP contribution in [0.2, 0.25) is 0 Å². The van der Waals surface area contributed by atoms with Crippen molar-refractivity contribution < 1.29 is 9.47 Å². The standard InChI is InChI=1S/C10H17N3O2S/c1-2-4-11-6-9-12-13-10(16-9)15-8-3-5-14-7-8/h8,11H,2-7H2,1H3. The summed E-state index contributed by atoms with van der Waals surface area (Å²) in [6, 6.07) is 0. The predicted octanol–water partition coefficient (Wildman–Crippen LogP) is 1.21. The molecule has 1 fully saturated rings. The molecule has 0 saturated carbocycles. The van der Waals surface area contributed by atoms with E-state index in [0.29, 0.717) is 11.8 Å². The number of hydrogen-bond acceptors (Lipinski definition) is 6. The minimum atomic E-state index is 0.157. The third kappa shape index (κ3) is 3.40. The maximum absolute atomic E-state index is 5.65. The first-order chi connectivity index (χ1) is 7.88. The van der Waals surface area contributed by atoms with Crippen molar-refractivity contribution in [3.8, 4) is 5.19 Å². The summed E-state index contributed by atoms with van der Waals surface area (Å²) in [5.41, 5.74) is 0. The number of nitrogens with zero attached hydrogens (tertiary/aromatic N) is 2. The smallest absolute Gasteiger partial charge is 0.294 e. The quantitative estimate of drug-likeness (QED) is 0.761. The van der Waals surface area contributed by atoms with Crippen LogP contribution < -0.4 is 10.1 Å². The minimum Gasteiger partial charge on any atom is -0.463 e. The molecule has 1 aromatic rings. The Morgan fingerprint density at radius 3 is 3.25 bits per heavy atom. The average Bonchev–Trinajstić information content (AvgIpc) is 2.91. The van der Waals surface area contributed by atoms with Gasteiger partial charge in [0.05, 0.1) is 13.2 Å². The molecule has 0 amide bonds. The summed E-state index contributed by atoms with van der Waals surface area (Å²) in [7, 11) is 0. The molecule has 5 nitrogen and oxygen atoms in total. The zero-order valence-electron chi connectivity index (χ0n) is 9.44. The molecule has 0 bridgehead atoms. The Kier molecular flexibility index (Phi) is 4.50. The largest absolute Gasteiger partial charge is 0.463 e. The summed E-state index contributed by atoms with van der Waals surface area (Å²) in [6.07, 6.45) is 2.23. The Hall–Kier alpha value is -0.720. The molecular formula is C10H17N3O2S. The molecule has 1 unspecified atom stereocenters. The van der Waals surface area contributed by atoms with Gasteiger partial charge in [-0.15, -0.1) is 5.10 Å². The number of hydrogen-bond donors (Lipinski definition) is 1. The van der Waals surface area contributed by atoms with E-state index in [4.69, 9.17) is 9.47 Å². The maximum Gasteiger partial charge on any atom is 0.294 e. The molecule has 1 aliphatic rings. The maximum atomic E-state index is 5.65. The second kappa shape index (κ2) is 6.12. The monoisotopic (exact) mass is 243 g/mol. The summed E-state index contributed by atoms with van der Waals surface area (Å²) in [4.78, 5) is 0. The van der Waals surface area contributed by atoms with Gasteiger partial charge in [-0.05, 0) is 13.0 Å². The van der Waals surface area contributed by atoms with Crippen molar-refractivity contribution in [3.05, 3.63) is 5.01 Å². The zero-order chi connectivity index (χ0) is 11.2. The van der Waals surface area contributed by atoms with Crippen molar-refractivity contribution in [2.24, 2.45) is 0 Å². The van der Waals surface area contributed by atoms with Crippen molar-refractivity contribution in [2.45, 2.75) is 32.4 Å². The summed E-state index contributed by atoms with van der Waals surface area (Å²) < 4.78 is 10.9. The van der Waals surface area contributed by atoms with Crippen LogP contribution in [-0.4, -0.2) is 36.1 Å². The Morgan fingerprint density at radius 2 is 2.50 bits per heavy atom. The van der Waals surface area contributed by atoms with Crippen molar-refractivity contribution in [1.29, 1.82) is 0 Å². The highest BCUT2D eigenvalue weighted by Gasteiger charge is 2.19. The lowest BCUT2D eigenvalue weighted by Crippen LogP contribution is -2.15. The van der Waals surface area contributed by atoms with Gasteiger partial charge in [-0.3, -0.25) is 0 Å². The van der Waals surface area contributed by atoms with Crippen LogP contribution in [0.25, 0.3) is 0 Å². The highest BCUT2D eigenvalue weighted by molar-refractivity contribution is 7.13. The lowest BCUT2D eigenvalue weighted by atomic mass is 10.3. The number of aromatic nitrogens is 2. The van der Waals surface area contributed by atoms with E-state index in [9.17, 15) is 0 Å². The Morgan fingerprint density at radius 1 is 1.56 bits per heavy atom. The average molecular weight is 243 g/mol. The lowest BCUT2D eigenvalue weighted by molar-refractivity contribution is 0.140. The number of nitrogens with one attached hydrogen (secondary N) is 1. The van der Waals surface area contributed by atoms with Crippen molar-refractivity contribution in [3.63, 3.8) is 0 Å². The van der Waals surface area contributed by atoms with Crippen LogP contribution in [0.5, 0.6) is 5.19 Å². The van der Waals surface area contributed by atoms with E-state index in [1.807, 2.05) is 0 Å². The Bertz CT molecular complexity index is 313. The van der Waals surface area contributed by atoms with E-state index >= 15 is 0 Å². The van der Waals surface area contributed by atoms with Gasteiger partial charge in [0.1, 0.15) is 11.1 Å². The van der Waals surface area contributed by atoms with Gasteiger partial charge in [-0.25, -0.2) is 0 Å². The fraction of sp³-hybridized carbons (Fsp3) is 0.800. The summed E-state index contributed by atoms with van der Waals surface area (Å²) in [5.74, 6) is 0. The van der Waals surface area contributed by atoms with Gasteiger partial charge in [-0.2, -0.15) is 0 Å². The van der Waals surface area contributed by atoms with Crippen LogP contribution in [0.3, 0.4) is 0 Å². The molecule has 1 aromatic heterocycles. The van der Waals surface area contributed by atoms with E-state index < -0.39 is 0 Å². The van der Waals surface area contributed by atoms with Crippen molar-refractivity contribution >= 4 is 11.3 Å². The van der Waals surface area contributed by atoms with E-state index in [0.717, 1.165) is 37.5 Å². The topological polar surface area (TPSA) is 56.3 Å². The molecule has 1 saturated heterocycles.